The van der Waals surface area contributed by atoms with Crippen LogP contribution in [-0.2, 0) is 10.9 Å². The summed E-state index contributed by atoms with van der Waals surface area (Å²) in [7, 11) is 1.58. The zero-order chi connectivity index (χ0) is 23.8. The Bertz CT molecular complexity index is 1160. The van der Waals surface area contributed by atoms with E-state index in [1.807, 2.05) is 4.90 Å². The van der Waals surface area contributed by atoms with E-state index in [1.165, 1.54) is 24.4 Å². The molecule has 1 aromatic heterocycles. The number of amides is 1. The Morgan fingerprint density at radius 3 is 2.79 bits per heavy atom. The fraction of sp³-hybridized carbons (Fsp3) is 0.435. The Morgan fingerprint density at radius 1 is 1.33 bits per heavy atom. The topological polar surface area (TPSA) is 89.4 Å². The number of piperidine rings is 1. The van der Waals surface area contributed by atoms with Crippen molar-refractivity contribution >= 4 is 11.6 Å². The molecule has 2 saturated heterocycles. The summed E-state index contributed by atoms with van der Waals surface area (Å²) in [6, 6.07) is 8.42. The Kier molecular flexibility index (Phi) is 5.93. The fourth-order valence-corrected chi connectivity index (χ4v) is 5.01. The van der Waals surface area contributed by atoms with Crippen LogP contribution < -0.4 is 10.5 Å². The van der Waals surface area contributed by atoms with Gasteiger partial charge in [0.15, 0.2) is 0 Å². The van der Waals surface area contributed by atoms with Gasteiger partial charge in [-0.1, -0.05) is 0 Å². The molecule has 0 aliphatic carbocycles. The van der Waals surface area contributed by atoms with E-state index in [-0.39, 0.29) is 22.8 Å². The number of alkyl halides is 3. The third kappa shape index (κ3) is 4.20. The maximum absolute atomic E-state index is 13.5. The molecule has 1 aromatic carbocycles. The second-order valence-corrected chi connectivity index (χ2v) is 8.63. The average molecular weight is 460 g/mol. The second kappa shape index (κ2) is 8.56. The number of benzene rings is 1. The number of carbonyl (C=O) groups excluding carboxylic acids is 1. The lowest BCUT2D eigenvalue weighted by molar-refractivity contribution is -0.137. The predicted molar refractivity (Wildman–Crippen MR) is 114 cm³/mol. The molecule has 0 radical (unpaired) electrons. The summed E-state index contributed by atoms with van der Waals surface area (Å²) < 4.78 is 45.9. The molecule has 2 atom stereocenters. The highest BCUT2D eigenvalue weighted by atomic mass is 19.4. The summed E-state index contributed by atoms with van der Waals surface area (Å²) in [5, 5.41) is 9.07. The monoisotopic (exact) mass is 460 g/mol. The lowest BCUT2D eigenvalue weighted by Crippen LogP contribution is -2.51. The van der Waals surface area contributed by atoms with Gasteiger partial charge in [0.25, 0.3) is 11.5 Å². The summed E-state index contributed by atoms with van der Waals surface area (Å²) in [6.07, 6.45) is -2.58. The molecule has 0 bridgehead atoms. The molecule has 0 saturated carbocycles. The SMILES string of the molecule is COC[C@@]12CCN(C(=O)c3ccc[nH]c3=O)C[C@@H]1CN(c1ccc(C#N)c(C(F)(F)F)c1)C2. The summed E-state index contributed by atoms with van der Waals surface area (Å²) in [5.41, 5.74) is -1.72. The van der Waals surface area contributed by atoms with E-state index in [1.54, 1.807) is 24.1 Å². The second-order valence-electron chi connectivity index (χ2n) is 8.63. The van der Waals surface area contributed by atoms with Crippen LogP contribution in [0.5, 0.6) is 0 Å². The molecule has 1 N–H and O–H groups in total. The van der Waals surface area contributed by atoms with Crippen LogP contribution in [0.1, 0.15) is 27.9 Å². The number of ether oxygens (including phenoxy) is 1. The van der Waals surface area contributed by atoms with Crippen molar-refractivity contribution in [1.29, 1.82) is 5.26 Å². The lowest BCUT2D eigenvalue weighted by Gasteiger charge is -2.42. The zero-order valence-electron chi connectivity index (χ0n) is 18.0. The van der Waals surface area contributed by atoms with Crippen molar-refractivity contribution in [3.8, 4) is 6.07 Å². The molecule has 2 fully saturated rings. The first-order valence-corrected chi connectivity index (χ1v) is 10.5. The zero-order valence-corrected chi connectivity index (χ0v) is 18.0. The highest BCUT2D eigenvalue weighted by molar-refractivity contribution is 5.93. The average Bonchev–Trinajstić information content (AvgIpc) is 3.16. The largest absolute Gasteiger partial charge is 0.417 e. The third-order valence-corrected chi connectivity index (χ3v) is 6.69. The van der Waals surface area contributed by atoms with Crippen molar-refractivity contribution in [1.82, 2.24) is 9.88 Å². The van der Waals surface area contributed by atoms with Crippen molar-refractivity contribution in [3.63, 3.8) is 0 Å². The van der Waals surface area contributed by atoms with E-state index in [0.29, 0.717) is 44.9 Å². The molecule has 4 rings (SSSR count). The van der Waals surface area contributed by atoms with Crippen LogP contribution in [0.3, 0.4) is 0 Å². The number of aromatic amines is 1. The normalized spacial score (nSPS) is 22.7. The van der Waals surface area contributed by atoms with E-state index in [9.17, 15) is 22.8 Å². The predicted octanol–water partition coefficient (Wildman–Crippen LogP) is 2.88. The lowest BCUT2D eigenvalue weighted by atomic mass is 9.73. The molecule has 7 nitrogen and oxygen atoms in total. The van der Waals surface area contributed by atoms with Gasteiger partial charge in [-0.15, -0.1) is 0 Å². The number of carbonyl (C=O) groups is 1. The Hall–Kier alpha value is -3.32. The molecule has 33 heavy (non-hydrogen) atoms. The van der Waals surface area contributed by atoms with Gasteiger partial charge in [0, 0.05) is 56.5 Å². The summed E-state index contributed by atoms with van der Waals surface area (Å²) in [4.78, 5) is 31.0. The van der Waals surface area contributed by atoms with Crippen LogP contribution >= 0.6 is 0 Å². The number of aromatic nitrogens is 1. The number of H-pyrrole nitrogens is 1. The molecular weight excluding hydrogens is 437 g/mol. The van der Waals surface area contributed by atoms with E-state index in [0.717, 1.165) is 6.07 Å². The van der Waals surface area contributed by atoms with E-state index < -0.39 is 22.9 Å². The van der Waals surface area contributed by atoms with Crippen LogP contribution in [0.15, 0.2) is 41.3 Å². The van der Waals surface area contributed by atoms with Crippen LogP contribution in [0.4, 0.5) is 18.9 Å². The van der Waals surface area contributed by atoms with Gasteiger partial charge in [-0.05, 0) is 36.8 Å². The first-order valence-electron chi connectivity index (χ1n) is 10.5. The molecule has 2 aromatic rings. The van der Waals surface area contributed by atoms with Crippen molar-refractivity contribution in [2.24, 2.45) is 11.3 Å². The molecule has 3 heterocycles. The van der Waals surface area contributed by atoms with E-state index >= 15 is 0 Å². The molecule has 10 heteroatoms. The van der Waals surface area contributed by atoms with E-state index in [2.05, 4.69) is 4.98 Å². The highest BCUT2D eigenvalue weighted by Gasteiger charge is 2.50. The number of nitrogens with zero attached hydrogens (tertiary/aromatic N) is 3. The Labute approximate surface area is 188 Å². The third-order valence-electron chi connectivity index (χ3n) is 6.69. The quantitative estimate of drug-likeness (QED) is 0.758. The minimum atomic E-state index is -4.64. The minimum Gasteiger partial charge on any atom is -0.384 e. The summed E-state index contributed by atoms with van der Waals surface area (Å²) >= 11 is 0. The molecule has 1 amide bonds. The first-order chi connectivity index (χ1) is 15.7. The number of pyridine rings is 1. The molecule has 174 valence electrons. The maximum atomic E-state index is 13.5. The van der Waals surface area contributed by atoms with Gasteiger partial charge in [-0.2, -0.15) is 18.4 Å². The van der Waals surface area contributed by atoms with Gasteiger partial charge in [-0.3, -0.25) is 9.59 Å². The standard InChI is InChI=1S/C23H23F3N4O3/c1-33-14-22-6-8-29(21(32)18-3-2-7-28-20(18)31)11-16(22)12-30(13-22)17-5-4-15(10-27)19(9-17)23(24,25)26/h2-5,7,9,16H,6,8,11-14H2,1H3,(H,28,31)/t16-,22+/m1/s1. The van der Waals surface area contributed by atoms with Crippen LogP contribution in [0, 0.1) is 22.7 Å². The molecular formula is C23H23F3N4O3. The summed E-state index contributed by atoms with van der Waals surface area (Å²) in [5.74, 6) is -0.415. The number of rotatable bonds is 4. The number of hydrogen-bond donors (Lipinski definition) is 1. The molecule has 0 unspecified atom stereocenters. The van der Waals surface area contributed by atoms with Gasteiger partial charge < -0.3 is 19.5 Å². The van der Waals surface area contributed by atoms with E-state index in [4.69, 9.17) is 10.00 Å². The Balaban J connectivity index is 1.61. The minimum absolute atomic E-state index is 0.0528. The fourth-order valence-electron chi connectivity index (χ4n) is 5.01. The smallest absolute Gasteiger partial charge is 0.384 e. The van der Waals surface area contributed by atoms with Gasteiger partial charge >= 0.3 is 6.18 Å². The van der Waals surface area contributed by atoms with Gasteiger partial charge in [0.1, 0.15) is 5.56 Å². The molecule has 2 aliphatic rings. The van der Waals surface area contributed by atoms with Crippen molar-refractivity contribution in [2.45, 2.75) is 12.6 Å². The molecule has 2 aliphatic heterocycles. The number of anilines is 1. The van der Waals surface area contributed by atoms with Crippen LogP contribution in [-0.4, -0.2) is 55.7 Å². The van der Waals surface area contributed by atoms with Gasteiger partial charge in [-0.25, -0.2) is 0 Å². The number of fused-ring (bicyclic) bond motifs is 1. The molecule has 0 spiro atoms. The van der Waals surface area contributed by atoms with Crippen molar-refractivity contribution in [3.05, 3.63) is 63.6 Å². The number of methoxy groups -OCH3 is 1. The number of hydrogen-bond acceptors (Lipinski definition) is 5. The number of halogens is 3. The van der Waals surface area contributed by atoms with Crippen molar-refractivity contribution in [2.75, 3.05) is 44.8 Å². The van der Waals surface area contributed by atoms with Gasteiger partial charge in [0.05, 0.1) is 23.8 Å². The van der Waals surface area contributed by atoms with Crippen LogP contribution in [0.2, 0.25) is 0 Å². The number of nitriles is 1. The number of likely N-dealkylation sites (tertiary alicyclic amines) is 1. The number of nitrogens with one attached hydrogen (secondary N) is 1. The van der Waals surface area contributed by atoms with Gasteiger partial charge in [0.2, 0.25) is 0 Å². The van der Waals surface area contributed by atoms with Crippen LogP contribution in [0.25, 0.3) is 0 Å². The highest BCUT2D eigenvalue weighted by Crippen LogP contribution is 2.45. The Morgan fingerprint density at radius 2 is 2.12 bits per heavy atom. The summed E-state index contributed by atoms with van der Waals surface area (Å²) in [6.45, 7) is 2.10. The maximum Gasteiger partial charge on any atom is 0.417 e. The van der Waals surface area contributed by atoms with Crippen molar-refractivity contribution < 1.29 is 22.7 Å². The first kappa shape index (κ1) is 22.9.